The van der Waals surface area contributed by atoms with Gasteiger partial charge in [0.15, 0.2) is 0 Å². The highest BCUT2D eigenvalue weighted by Crippen LogP contribution is 2.32. The molecular weight excluding hydrogens is 336 g/mol. The summed E-state index contributed by atoms with van der Waals surface area (Å²) >= 11 is 5.90. The number of benzene rings is 2. The van der Waals surface area contributed by atoms with E-state index >= 15 is 0 Å². The van der Waals surface area contributed by atoms with Gasteiger partial charge in [-0.25, -0.2) is 13.1 Å². The van der Waals surface area contributed by atoms with E-state index in [1.54, 1.807) is 12.1 Å². The molecule has 0 bridgehead atoms. The van der Waals surface area contributed by atoms with E-state index in [1.165, 1.54) is 18.2 Å². The zero-order valence-electron chi connectivity index (χ0n) is 11.9. The highest BCUT2D eigenvalue weighted by atomic mass is 35.5. The highest BCUT2D eigenvalue weighted by Gasteiger charge is 2.34. The lowest BCUT2D eigenvalue weighted by Gasteiger charge is -2.18. The largest absolute Gasteiger partial charge is 0.391 e. The molecule has 0 radical (unpaired) electrons. The van der Waals surface area contributed by atoms with Crippen LogP contribution in [0.4, 0.5) is 0 Å². The van der Waals surface area contributed by atoms with Gasteiger partial charge in [-0.05, 0) is 29.3 Å². The number of hydrogen-bond acceptors (Lipinski definition) is 4. The number of nitrogens with one attached hydrogen (secondary N) is 1. The lowest BCUT2D eigenvalue weighted by molar-refractivity contribution is 0.151. The Morgan fingerprint density at radius 3 is 2.70 bits per heavy atom. The SMILES string of the molecule is N#Cc1ccc(S(=O)(=O)NC2c3ccccc3CC2O)cc1Cl. The third-order valence-electron chi connectivity index (χ3n) is 3.86. The monoisotopic (exact) mass is 348 g/mol. The van der Waals surface area contributed by atoms with Crippen LogP contribution in [0.1, 0.15) is 22.7 Å². The summed E-state index contributed by atoms with van der Waals surface area (Å²) < 4.78 is 27.6. The van der Waals surface area contributed by atoms with Crippen molar-refractivity contribution in [2.75, 3.05) is 0 Å². The first kappa shape index (κ1) is 16.0. The average molecular weight is 349 g/mol. The summed E-state index contributed by atoms with van der Waals surface area (Å²) in [5.74, 6) is 0. The third-order valence-corrected chi connectivity index (χ3v) is 5.61. The van der Waals surface area contributed by atoms with Crippen molar-refractivity contribution in [2.24, 2.45) is 0 Å². The predicted octanol–water partition coefficient (Wildman–Crippen LogP) is 2.15. The van der Waals surface area contributed by atoms with Gasteiger partial charge in [-0.15, -0.1) is 0 Å². The lowest BCUT2D eigenvalue weighted by Crippen LogP contribution is -2.33. The molecule has 0 aromatic heterocycles. The van der Waals surface area contributed by atoms with Gasteiger partial charge in [0.1, 0.15) is 6.07 Å². The van der Waals surface area contributed by atoms with Crippen molar-refractivity contribution >= 4 is 21.6 Å². The molecule has 2 atom stereocenters. The zero-order valence-corrected chi connectivity index (χ0v) is 13.5. The highest BCUT2D eigenvalue weighted by molar-refractivity contribution is 7.89. The molecule has 23 heavy (non-hydrogen) atoms. The molecule has 5 nitrogen and oxygen atoms in total. The minimum atomic E-state index is -3.87. The number of nitriles is 1. The van der Waals surface area contributed by atoms with Crippen LogP contribution in [0.15, 0.2) is 47.4 Å². The van der Waals surface area contributed by atoms with Gasteiger partial charge >= 0.3 is 0 Å². The van der Waals surface area contributed by atoms with Crippen LogP contribution < -0.4 is 4.72 Å². The molecule has 0 aliphatic heterocycles. The van der Waals surface area contributed by atoms with Gasteiger partial charge in [0.05, 0.1) is 27.6 Å². The zero-order chi connectivity index (χ0) is 16.6. The molecule has 0 saturated heterocycles. The molecule has 2 aromatic rings. The van der Waals surface area contributed by atoms with Crippen LogP contribution in [0.3, 0.4) is 0 Å². The number of hydrogen-bond donors (Lipinski definition) is 2. The molecule has 7 heteroatoms. The Kier molecular flexibility index (Phi) is 4.13. The fourth-order valence-electron chi connectivity index (χ4n) is 2.70. The second-order valence-electron chi connectivity index (χ2n) is 5.32. The van der Waals surface area contributed by atoms with Gasteiger partial charge in [0.25, 0.3) is 0 Å². The first-order chi connectivity index (χ1) is 10.9. The van der Waals surface area contributed by atoms with Crippen LogP contribution in [0, 0.1) is 11.3 Å². The van der Waals surface area contributed by atoms with E-state index in [9.17, 15) is 13.5 Å². The molecule has 2 aromatic carbocycles. The fourth-order valence-corrected chi connectivity index (χ4v) is 4.27. The van der Waals surface area contributed by atoms with Gasteiger partial charge in [0, 0.05) is 6.42 Å². The van der Waals surface area contributed by atoms with Crippen LogP contribution in [0.2, 0.25) is 5.02 Å². The Balaban J connectivity index is 1.93. The van der Waals surface area contributed by atoms with E-state index in [1.807, 2.05) is 18.2 Å². The topological polar surface area (TPSA) is 90.2 Å². The van der Waals surface area contributed by atoms with Gasteiger partial charge in [-0.3, -0.25) is 0 Å². The number of sulfonamides is 1. The van der Waals surface area contributed by atoms with Crippen molar-refractivity contribution in [3.8, 4) is 6.07 Å². The molecule has 0 saturated carbocycles. The summed E-state index contributed by atoms with van der Waals surface area (Å²) in [5, 5.41) is 19.1. The summed E-state index contributed by atoms with van der Waals surface area (Å²) in [5.41, 5.74) is 1.89. The maximum Gasteiger partial charge on any atom is 0.241 e. The molecule has 2 unspecified atom stereocenters. The van der Waals surface area contributed by atoms with Crippen molar-refractivity contribution in [2.45, 2.75) is 23.5 Å². The maximum absolute atomic E-state index is 12.5. The predicted molar refractivity (Wildman–Crippen MR) is 85.4 cm³/mol. The van der Waals surface area contributed by atoms with Crippen molar-refractivity contribution in [1.82, 2.24) is 4.72 Å². The molecule has 1 aliphatic rings. The van der Waals surface area contributed by atoms with Crippen molar-refractivity contribution in [3.63, 3.8) is 0 Å². The molecule has 0 amide bonds. The van der Waals surface area contributed by atoms with Crippen LogP contribution in [-0.4, -0.2) is 19.6 Å². The van der Waals surface area contributed by atoms with E-state index in [4.69, 9.17) is 16.9 Å². The maximum atomic E-state index is 12.5. The number of nitrogens with zero attached hydrogens (tertiary/aromatic N) is 1. The molecule has 2 N–H and O–H groups in total. The van der Waals surface area contributed by atoms with Gasteiger partial charge in [-0.2, -0.15) is 5.26 Å². The summed E-state index contributed by atoms with van der Waals surface area (Å²) in [7, 11) is -3.87. The third kappa shape index (κ3) is 2.96. The van der Waals surface area contributed by atoms with E-state index in [0.29, 0.717) is 6.42 Å². The van der Waals surface area contributed by atoms with Gasteiger partial charge in [0.2, 0.25) is 10.0 Å². The second-order valence-corrected chi connectivity index (χ2v) is 7.44. The Labute approximate surface area is 139 Å². The smallest absolute Gasteiger partial charge is 0.241 e. The average Bonchev–Trinajstić information content (AvgIpc) is 2.83. The fraction of sp³-hybridized carbons (Fsp3) is 0.188. The number of halogens is 1. The van der Waals surface area contributed by atoms with Crippen LogP contribution >= 0.6 is 11.6 Å². The summed E-state index contributed by atoms with van der Waals surface area (Å²) in [6, 6.07) is 12.4. The van der Waals surface area contributed by atoms with Crippen molar-refractivity contribution in [1.29, 1.82) is 5.26 Å². The van der Waals surface area contributed by atoms with E-state index < -0.39 is 22.2 Å². The second kappa shape index (κ2) is 5.95. The van der Waals surface area contributed by atoms with E-state index in [0.717, 1.165) is 11.1 Å². The number of aliphatic hydroxyl groups excluding tert-OH is 1. The minimum Gasteiger partial charge on any atom is -0.391 e. The molecule has 118 valence electrons. The Hall–Kier alpha value is -1.91. The number of fused-ring (bicyclic) bond motifs is 1. The Morgan fingerprint density at radius 2 is 2.00 bits per heavy atom. The van der Waals surface area contributed by atoms with Crippen LogP contribution in [0.25, 0.3) is 0 Å². The standard InChI is InChI=1S/C16H13ClN2O3S/c17-14-8-12(6-5-11(14)9-18)23(21,22)19-16-13-4-2-1-3-10(13)7-15(16)20/h1-6,8,15-16,19-20H,7H2. The molecular formula is C16H13ClN2O3S. The quantitative estimate of drug-likeness (QED) is 0.889. The normalized spacial score (nSPS) is 20.0. The van der Waals surface area contributed by atoms with Crippen LogP contribution in [-0.2, 0) is 16.4 Å². The summed E-state index contributed by atoms with van der Waals surface area (Å²) in [4.78, 5) is -0.0434. The Bertz CT molecular complexity index is 906. The number of aliphatic hydroxyl groups is 1. The molecule has 1 aliphatic carbocycles. The molecule has 0 spiro atoms. The van der Waals surface area contributed by atoms with Gasteiger partial charge in [-0.1, -0.05) is 35.9 Å². The molecule has 0 fully saturated rings. The molecule has 0 heterocycles. The van der Waals surface area contributed by atoms with Crippen molar-refractivity contribution in [3.05, 3.63) is 64.2 Å². The Morgan fingerprint density at radius 1 is 1.26 bits per heavy atom. The number of rotatable bonds is 3. The first-order valence-corrected chi connectivity index (χ1v) is 8.76. The molecule has 3 rings (SSSR count). The van der Waals surface area contributed by atoms with Crippen molar-refractivity contribution < 1.29 is 13.5 Å². The van der Waals surface area contributed by atoms with Gasteiger partial charge < -0.3 is 5.11 Å². The van der Waals surface area contributed by atoms with Crippen LogP contribution in [0.5, 0.6) is 0 Å². The van der Waals surface area contributed by atoms with E-state index in [2.05, 4.69) is 4.72 Å². The summed E-state index contributed by atoms with van der Waals surface area (Å²) in [6.07, 6.45) is -0.423. The van der Waals surface area contributed by atoms with E-state index in [-0.39, 0.29) is 15.5 Å². The summed E-state index contributed by atoms with van der Waals surface area (Å²) in [6.45, 7) is 0. The lowest BCUT2D eigenvalue weighted by atomic mass is 10.1. The minimum absolute atomic E-state index is 0.0434. The first-order valence-electron chi connectivity index (χ1n) is 6.90.